The van der Waals surface area contributed by atoms with E-state index < -0.39 is 0 Å². The Labute approximate surface area is 106 Å². The average molecular weight is 241 g/mol. The molecule has 1 unspecified atom stereocenters. The van der Waals surface area contributed by atoms with Gasteiger partial charge in [-0.15, -0.1) is 0 Å². The predicted octanol–water partition coefficient (Wildman–Crippen LogP) is 2.09. The summed E-state index contributed by atoms with van der Waals surface area (Å²) in [5.41, 5.74) is 2.34. The summed E-state index contributed by atoms with van der Waals surface area (Å²) in [6.45, 7) is 1.54. The van der Waals surface area contributed by atoms with Crippen molar-refractivity contribution >= 4 is 0 Å². The van der Waals surface area contributed by atoms with Gasteiger partial charge in [0.25, 0.3) is 0 Å². The highest BCUT2D eigenvalue weighted by Gasteiger charge is 2.20. The third-order valence-electron chi connectivity index (χ3n) is 3.13. The van der Waals surface area contributed by atoms with E-state index in [0.717, 1.165) is 30.9 Å². The first-order valence-electron chi connectivity index (χ1n) is 6.12. The number of hydrogen-bond donors (Lipinski definition) is 1. The molecule has 0 fully saturated rings. The molecule has 1 aromatic carbocycles. The molecule has 1 aromatic heterocycles. The topological polar surface area (TPSA) is 47.0 Å². The number of para-hydroxylation sites is 1. The van der Waals surface area contributed by atoms with Crippen LogP contribution < -0.4 is 10.1 Å². The Morgan fingerprint density at radius 2 is 2.06 bits per heavy atom. The summed E-state index contributed by atoms with van der Waals surface area (Å²) in [5, 5.41) is 3.53. The van der Waals surface area contributed by atoms with Crippen LogP contribution in [0.1, 0.15) is 23.6 Å². The number of fused-ring (bicyclic) bond motifs is 1. The van der Waals surface area contributed by atoms with Crippen LogP contribution in [0.2, 0.25) is 0 Å². The van der Waals surface area contributed by atoms with Crippen molar-refractivity contribution in [2.45, 2.75) is 19.0 Å². The number of nitrogens with zero attached hydrogens (tertiary/aromatic N) is 2. The largest absolute Gasteiger partial charge is 0.493 e. The normalized spacial score (nSPS) is 17.9. The first-order chi connectivity index (χ1) is 8.93. The van der Waals surface area contributed by atoms with Gasteiger partial charge in [-0.3, -0.25) is 0 Å². The Balaban J connectivity index is 1.71. The molecule has 0 amide bonds. The van der Waals surface area contributed by atoms with Gasteiger partial charge in [-0.05, 0) is 6.07 Å². The molecule has 0 radical (unpaired) electrons. The van der Waals surface area contributed by atoms with Crippen molar-refractivity contribution in [3.05, 3.63) is 54.1 Å². The number of hydrogen-bond acceptors (Lipinski definition) is 4. The maximum absolute atomic E-state index is 5.64. The third-order valence-corrected chi connectivity index (χ3v) is 3.13. The molecular weight excluding hydrogens is 226 g/mol. The second-order valence-corrected chi connectivity index (χ2v) is 4.36. The molecule has 3 rings (SSSR count). The minimum Gasteiger partial charge on any atom is -0.493 e. The van der Waals surface area contributed by atoms with Gasteiger partial charge in [-0.25, -0.2) is 9.97 Å². The van der Waals surface area contributed by atoms with Crippen LogP contribution >= 0.6 is 0 Å². The second kappa shape index (κ2) is 5.14. The Hall–Kier alpha value is -1.94. The molecular formula is C14H15N3O. The van der Waals surface area contributed by atoms with E-state index in [4.69, 9.17) is 4.74 Å². The van der Waals surface area contributed by atoms with Gasteiger partial charge < -0.3 is 10.1 Å². The summed E-state index contributed by atoms with van der Waals surface area (Å²) in [6.07, 6.45) is 6.22. The molecule has 4 heteroatoms. The van der Waals surface area contributed by atoms with Crippen LogP contribution in [-0.2, 0) is 6.54 Å². The lowest BCUT2D eigenvalue weighted by atomic mass is 10.0. The van der Waals surface area contributed by atoms with E-state index in [1.165, 1.54) is 5.56 Å². The zero-order chi connectivity index (χ0) is 12.2. The number of nitrogens with one attached hydrogen (secondary N) is 1. The highest BCUT2D eigenvalue weighted by atomic mass is 16.5. The predicted molar refractivity (Wildman–Crippen MR) is 68.2 cm³/mol. The van der Waals surface area contributed by atoms with Crippen LogP contribution in [0.3, 0.4) is 0 Å². The summed E-state index contributed by atoms with van der Waals surface area (Å²) in [6, 6.07) is 8.54. The lowest BCUT2D eigenvalue weighted by Gasteiger charge is -2.26. The lowest BCUT2D eigenvalue weighted by molar-refractivity contribution is 0.252. The van der Waals surface area contributed by atoms with Gasteiger partial charge in [0.05, 0.1) is 6.61 Å². The average Bonchev–Trinajstić information content (AvgIpc) is 2.46. The molecule has 0 spiro atoms. The molecule has 4 nitrogen and oxygen atoms in total. The minimum absolute atomic E-state index is 0.343. The fourth-order valence-corrected chi connectivity index (χ4v) is 2.22. The first-order valence-corrected chi connectivity index (χ1v) is 6.12. The zero-order valence-electron chi connectivity index (χ0n) is 10.0. The molecule has 18 heavy (non-hydrogen) atoms. The van der Waals surface area contributed by atoms with E-state index in [2.05, 4.69) is 21.4 Å². The van der Waals surface area contributed by atoms with E-state index in [1.54, 1.807) is 6.33 Å². The minimum atomic E-state index is 0.343. The Morgan fingerprint density at radius 3 is 2.94 bits per heavy atom. The van der Waals surface area contributed by atoms with Gasteiger partial charge in [0.15, 0.2) is 0 Å². The number of rotatable bonds is 3. The van der Waals surface area contributed by atoms with Crippen molar-refractivity contribution < 1.29 is 4.74 Å². The van der Waals surface area contributed by atoms with Crippen molar-refractivity contribution in [3.8, 4) is 5.75 Å². The van der Waals surface area contributed by atoms with Crippen LogP contribution in [0.5, 0.6) is 5.75 Å². The Kier molecular flexibility index (Phi) is 3.19. The van der Waals surface area contributed by atoms with Crippen LogP contribution in [-0.4, -0.2) is 16.6 Å². The van der Waals surface area contributed by atoms with Crippen LogP contribution in [0, 0.1) is 0 Å². The van der Waals surface area contributed by atoms with Crippen molar-refractivity contribution in [1.29, 1.82) is 0 Å². The van der Waals surface area contributed by atoms with E-state index in [1.807, 2.05) is 30.6 Å². The zero-order valence-corrected chi connectivity index (χ0v) is 10.0. The molecule has 0 aliphatic carbocycles. The molecule has 1 aliphatic heterocycles. The quantitative estimate of drug-likeness (QED) is 0.893. The van der Waals surface area contributed by atoms with Gasteiger partial charge >= 0.3 is 0 Å². The molecule has 1 atom stereocenters. The SMILES string of the molecule is c1ccc2c(c1)OCCC2NCc1cncnc1. The smallest absolute Gasteiger partial charge is 0.124 e. The number of ether oxygens (including phenoxy) is 1. The highest BCUT2D eigenvalue weighted by Crippen LogP contribution is 2.31. The van der Waals surface area contributed by atoms with Gasteiger partial charge in [0.2, 0.25) is 0 Å². The standard InChI is InChI=1S/C14H15N3O/c1-2-4-14-12(3-1)13(5-6-18-14)17-9-11-7-15-10-16-8-11/h1-4,7-8,10,13,17H,5-6,9H2. The van der Waals surface area contributed by atoms with Gasteiger partial charge in [0.1, 0.15) is 12.1 Å². The van der Waals surface area contributed by atoms with Crippen molar-refractivity contribution in [2.75, 3.05) is 6.61 Å². The summed E-state index contributed by atoms with van der Waals surface area (Å²) in [4.78, 5) is 8.03. The summed E-state index contributed by atoms with van der Waals surface area (Å²) in [7, 11) is 0. The molecule has 0 bridgehead atoms. The van der Waals surface area contributed by atoms with E-state index in [9.17, 15) is 0 Å². The highest BCUT2D eigenvalue weighted by molar-refractivity contribution is 5.37. The van der Waals surface area contributed by atoms with Crippen LogP contribution in [0.15, 0.2) is 43.0 Å². The molecule has 1 N–H and O–H groups in total. The number of aromatic nitrogens is 2. The molecule has 0 saturated carbocycles. The Bertz CT molecular complexity index is 515. The summed E-state index contributed by atoms with van der Waals surface area (Å²) in [5.74, 6) is 0.991. The monoisotopic (exact) mass is 241 g/mol. The van der Waals surface area contributed by atoms with Crippen molar-refractivity contribution in [3.63, 3.8) is 0 Å². The molecule has 2 heterocycles. The lowest BCUT2D eigenvalue weighted by Crippen LogP contribution is -2.26. The van der Waals surface area contributed by atoms with Crippen molar-refractivity contribution in [1.82, 2.24) is 15.3 Å². The fraction of sp³-hybridized carbons (Fsp3) is 0.286. The van der Waals surface area contributed by atoms with Crippen LogP contribution in [0.4, 0.5) is 0 Å². The van der Waals surface area contributed by atoms with Gasteiger partial charge in [0, 0.05) is 42.5 Å². The second-order valence-electron chi connectivity index (χ2n) is 4.36. The maximum Gasteiger partial charge on any atom is 0.124 e. The number of benzene rings is 1. The van der Waals surface area contributed by atoms with E-state index in [-0.39, 0.29) is 0 Å². The Morgan fingerprint density at radius 1 is 1.22 bits per heavy atom. The van der Waals surface area contributed by atoms with Crippen LogP contribution in [0.25, 0.3) is 0 Å². The summed E-state index contributed by atoms with van der Waals surface area (Å²) >= 11 is 0. The van der Waals surface area contributed by atoms with Gasteiger partial charge in [-0.2, -0.15) is 0 Å². The van der Waals surface area contributed by atoms with E-state index in [0.29, 0.717) is 6.04 Å². The summed E-state index contributed by atoms with van der Waals surface area (Å²) < 4.78 is 5.64. The molecule has 2 aromatic rings. The fourth-order valence-electron chi connectivity index (χ4n) is 2.22. The molecule has 92 valence electrons. The molecule has 0 saturated heterocycles. The van der Waals surface area contributed by atoms with Crippen molar-refractivity contribution in [2.24, 2.45) is 0 Å². The molecule has 1 aliphatic rings. The van der Waals surface area contributed by atoms with Gasteiger partial charge in [-0.1, -0.05) is 18.2 Å². The maximum atomic E-state index is 5.64. The first kappa shape index (κ1) is 11.2. The third kappa shape index (κ3) is 2.33. The van der Waals surface area contributed by atoms with E-state index >= 15 is 0 Å².